The topological polar surface area (TPSA) is 43.4 Å². The van der Waals surface area contributed by atoms with E-state index in [0.29, 0.717) is 17.0 Å². The minimum Gasteiger partial charge on any atom is -0.386 e. The number of carbonyl (C=O) groups is 2. The van der Waals surface area contributed by atoms with Gasteiger partial charge in [0.2, 0.25) is 0 Å². The van der Waals surface area contributed by atoms with Gasteiger partial charge in [0.25, 0.3) is 0 Å². The van der Waals surface area contributed by atoms with Crippen LogP contribution in [0.2, 0.25) is 0 Å². The second-order valence-corrected chi connectivity index (χ2v) is 5.27. The van der Waals surface area contributed by atoms with Crippen LogP contribution in [0, 0.1) is 6.92 Å². The van der Waals surface area contributed by atoms with E-state index < -0.39 is 11.9 Å². The molecule has 0 fully saturated rings. The van der Waals surface area contributed by atoms with Crippen molar-refractivity contribution in [1.82, 2.24) is 0 Å². The molecule has 0 aliphatic carbocycles. The number of ether oxygens (including phenoxy) is 1. The predicted octanol–water partition coefficient (Wildman–Crippen LogP) is 4.12. The summed E-state index contributed by atoms with van der Waals surface area (Å²) in [6.45, 7) is 5.96. The summed E-state index contributed by atoms with van der Waals surface area (Å²) in [5, 5.41) is 0. The highest BCUT2D eigenvalue weighted by Crippen LogP contribution is 2.16. The zero-order valence-corrected chi connectivity index (χ0v) is 12.4. The molecule has 2 rings (SSSR count). The van der Waals surface area contributed by atoms with E-state index in [0.717, 1.165) is 11.1 Å². The maximum Gasteiger partial charge on any atom is 0.346 e. The molecule has 0 aliphatic rings. The molecule has 0 amide bonds. The molecule has 3 nitrogen and oxygen atoms in total. The van der Waals surface area contributed by atoms with Crippen molar-refractivity contribution in [3.05, 3.63) is 70.8 Å². The molecular formula is C18H18O3. The maximum atomic E-state index is 12.0. The third kappa shape index (κ3) is 3.57. The summed E-state index contributed by atoms with van der Waals surface area (Å²) in [5.41, 5.74) is 2.70. The lowest BCUT2D eigenvalue weighted by atomic mass is 10.0. The van der Waals surface area contributed by atoms with Crippen LogP contribution >= 0.6 is 0 Å². The van der Waals surface area contributed by atoms with Crippen molar-refractivity contribution < 1.29 is 14.3 Å². The molecule has 0 bridgehead atoms. The molecule has 108 valence electrons. The molecule has 2 aromatic rings. The second kappa shape index (κ2) is 6.35. The number of aryl methyl sites for hydroxylation is 1. The molecule has 21 heavy (non-hydrogen) atoms. The van der Waals surface area contributed by atoms with Gasteiger partial charge in [-0.15, -0.1) is 0 Å². The Morgan fingerprint density at radius 2 is 1.52 bits per heavy atom. The van der Waals surface area contributed by atoms with E-state index >= 15 is 0 Å². The number of carbonyl (C=O) groups excluding carboxylic acids is 2. The fourth-order valence-electron chi connectivity index (χ4n) is 2.00. The average molecular weight is 282 g/mol. The van der Waals surface area contributed by atoms with Crippen molar-refractivity contribution in [2.24, 2.45) is 0 Å². The van der Waals surface area contributed by atoms with Crippen molar-refractivity contribution in [1.29, 1.82) is 0 Å². The predicted molar refractivity (Wildman–Crippen MR) is 81.5 cm³/mol. The summed E-state index contributed by atoms with van der Waals surface area (Å²) in [4.78, 5) is 24.0. The third-order valence-corrected chi connectivity index (χ3v) is 3.36. The molecule has 0 saturated heterocycles. The largest absolute Gasteiger partial charge is 0.386 e. The highest BCUT2D eigenvalue weighted by atomic mass is 16.6. The lowest BCUT2D eigenvalue weighted by Gasteiger charge is -2.07. The van der Waals surface area contributed by atoms with Gasteiger partial charge in [0.1, 0.15) is 0 Å². The van der Waals surface area contributed by atoms with E-state index in [4.69, 9.17) is 4.74 Å². The van der Waals surface area contributed by atoms with Gasteiger partial charge in [-0.2, -0.15) is 0 Å². The average Bonchev–Trinajstić information content (AvgIpc) is 2.47. The van der Waals surface area contributed by atoms with Crippen LogP contribution in [-0.4, -0.2) is 11.9 Å². The van der Waals surface area contributed by atoms with E-state index in [1.165, 1.54) is 0 Å². The lowest BCUT2D eigenvalue weighted by Crippen LogP contribution is -2.13. The second-order valence-electron chi connectivity index (χ2n) is 5.27. The zero-order chi connectivity index (χ0) is 15.4. The molecular weight excluding hydrogens is 264 g/mol. The van der Waals surface area contributed by atoms with Crippen LogP contribution in [0.4, 0.5) is 0 Å². The van der Waals surface area contributed by atoms with Gasteiger partial charge in [-0.05, 0) is 42.2 Å². The molecule has 0 spiro atoms. The van der Waals surface area contributed by atoms with Gasteiger partial charge in [-0.1, -0.05) is 44.2 Å². The minimum atomic E-state index is -0.626. The van der Waals surface area contributed by atoms with Crippen molar-refractivity contribution in [3.63, 3.8) is 0 Å². The third-order valence-electron chi connectivity index (χ3n) is 3.36. The molecule has 0 aromatic heterocycles. The molecule has 0 aliphatic heterocycles. The van der Waals surface area contributed by atoms with Crippen molar-refractivity contribution >= 4 is 11.9 Å². The normalized spacial score (nSPS) is 10.5. The van der Waals surface area contributed by atoms with Crippen molar-refractivity contribution in [2.45, 2.75) is 26.7 Å². The smallest absolute Gasteiger partial charge is 0.346 e. The molecule has 0 atom stereocenters. The van der Waals surface area contributed by atoms with Gasteiger partial charge in [-0.3, -0.25) is 0 Å². The Kier molecular flexibility index (Phi) is 4.53. The van der Waals surface area contributed by atoms with Gasteiger partial charge >= 0.3 is 11.9 Å². The van der Waals surface area contributed by atoms with Crippen LogP contribution in [0.15, 0.2) is 48.5 Å². The number of hydrogen-bond acceptors (Lipinski definition) is 3. The molecule has 0 radical (unpaired) electrons. The Morgan fingerprint density at radius 3 is 2.10 bits per heavy atom. The molecule has 2 aromatic carbocycles. The first-order valence-corrected chi connectivity index (χ1v) is 6.91. The number of hydrogen-bond donors (Lipinski definition) is 0. The van der Waals surface area contributed by atoms with E-state index in [-0.39, 0.29) is 0 Å². The zero-order valence-electron chi connectivity index (χ0n) is 12.4. The highest BCUT2D eigenvalue weighted by molar-refractivity contribution is 6.03. The monoisotopic (exact) mass is 282 g/mol. The minimum absolute atomic E-state index is 0.376. The summed E-state index contributed by atoms with van der Waals surface area (Å²) >= 11 is 0. The van der Waals surface area contributed by atoms with Crippen LogP contribution in [0.25, 0.3) is 0 Å². The lowest BCUT2D eigenvalue weighted by molar-refractivity contribution is 0.0397. The fraction of sp³-hybridized carbons (Fsp3) is 0.222. The molecule has 3 heteroatoms. The van der Waals surface area contributed by atoms with Gasteiger partial charge in [-0.25, -0.2) is 9.59 Å². The van der Waals surface area contributed by atoms with Gasteiger partial charge in [0, 0.05) is 0 Å². The van der Waals surface area contributed by atoms with Crippen LogP contribution in [0.5, 0.6) is 0 Å². The summed E-state index contributed by atoms with van der Waals surface area (Å²) in [7, 11) is 0. The Bertz CT molecular complexity index is 654. The fourth-order valence-corrected chi connectivity index (χ4v) is 2.00. The highest BCUT2D eigenvalue weighted by Gasteiger charge is 2.16. The Morgan fingerprint density at radius 1 is 0.905 bits per heavy atom. The van der Waals surface area contributed by atoms with Gasteiger partial charge < -0.3 is 4.74 Å². The van der Waals surface area contributed by atoms with E-state index in [1.807, 2.05) is 18.2 Å². The molecule has 0 saturated carbocycles. The first kappa shape index (κ1) is 15.0. The maximum absolute atomic E-state index is 12.0. The summed E-state index contributed by atoms with van der Waals surface area (Å²) in [5.74, 6) is -0.853. The first-order valence-electron chi connectivity index (χ1n) is 6.91. The summed E-state index contributed by atoms with van der Waals surface area (Å²) in [6.07, 6.45) is 0. The Hall–Kier alpha value is -2.42. The number of esters is 2. The van der Waals surface area contributed by atoms with Crippen molar-refractivity contribution in [2.75, 3.05) is 0 Å². The Labute approximate surface area is 124 Å². The molecule has 0 heterocycles. The van der Waals surface area contributed by atoms with Crippen LogP contribution in [0.3, 0.4) is 0 Å². The van der Waals surface area contributed by atoms with Crippen LogP contribution in [-0.2, 0) is 4.74 Å². The summed E-state index contributed by atoms with van der Waals surface area (Å²) in [6, 6.07) is 14.1. The number of rotatable bonds is 3. The molecule has 0 unspecified atom stereocenters. The van der Waals surface area contributed by atoms with Gasteiger partial charge in [0.05, 0.1) is 11.1 Å². The SMILES string of the molecule is Cc1ccccc1C(=O)OC(=O)c1ccc(C(C)C)cc1. The molecule has 0 N–H and O–H groups in total. The Balaban J connectivity index is 2.11. The van der Waals surface area contributed by atoms with E-state index in [1.54, 1.807) is 37.3 Å². The number of benzene rings is 2. The standard InChI is InChI=1S/C18H18O3/c1-12(2)14-8-10-15(11-9-14)17(19)21-18(20)16-7-5-4-6-13(16)3/h4-12H,1-3H3. The van der Waals surface area contributed by atoms with E-state index in [9.17, 15) is 9.59 Å². The van der Waals surface area contributed by atoms with Crippen LogP contribution < -0.4 is 0 Å². The summed E-state index contributed by atoms with van der Waals surface area (Å²) < 4.78 is 4.93. The van der Waals surface area contributed by atoms with Gasteiger partial charge in [0.15, 0.2) is 0 Å². The van der Waals surface area contributed by atoms with E-state index in [2.05, 4.69) is 13.8 Å². The van der Waals surface area contributed by atoms with Crippen LogP contribution in [0.1, 0.15) is 51.6 Å². The quantitative estimate of drug-likeness (QED) is 0.628. The first-order chi connectivity index (χ1) is 9.99. The van der Waals surface area contributed by atoms with Crippen molar-refractivity contribution in [3.8, 4) is 0 Å².